The Balaban J connectivity index is 2.31. The second kappa shape index (κ2) is 6.17. The first kappa shape index (κ1) is 11.7. The van der Waals surface area contributed by atoms with Crippen LogP contribution in [0.5, 0.6) is 0 Å². The largest absolute Gasteiger partial charge is 0.392 e. The van der Waals surface area contributed by atoms with E-state index in [0.717, 1.165) is 19.4 Å². The van der Waals surface area contributed by atoms with Crippen LogP contribution in [0.1, 0.15) is 30.7 Å². The van der Waals surface area contributed by atoms with E-state index in [9.17, 15) is 5.11 Å². The summed E-state index contributed by atoms with van der Waals surface area (Å²) in [6.07, 6.45) is 1.70. The maximum absolute atomic E-state index is 9.35. The number of hydrogen-bond donors (Lipinski definition) is 2. The minimum atomic E-state index is -0.208. The third-order valence-electron chi connectivity index (χ3n) is 2.36. The van der Waals surface area contributed by atoms with Crippen LogP contribution in [0.2, 0.25) is 0 Å². The van der Waals surface area contributed by atoms with E-state index >= 15 is 0 Å². The molecule has 80 valence electrons. The zero-order valence-corrected chi connectivity index (χ0v) is 9.73. The quantitative estimate of drug-likeness (QED) is 0.759. The number of aliphatic hydroxyl groups is 1. The summed E-state index contributed by atoms with van der Waals surface area (Å²) in [7, 11) is 0. The van der Waals surface area contributed by atoms with Crippen molar-refractivity contribution in [2.24, 2.45) is 0 Å². The highest BCUT2D eigenvalue weighted by Crippen LogP contribution is 2.16. The molecule has 0 radical (unpaired) electrons. The second-order valence-electron chi connectivity index (χ2n) is 3.42. The lowest BCUT2D eigenvalue weighted by molar-refractivity contribution is 0.167. The number of aliphatic hydroxyl groups excluding tert-OH is 1. The highest BCUT2D eigenvalue weighted by atomic mass is 32.1. The van der Waals surface area contributed by atoms with E-state index in [-0.39, 0.29) is 6.10 Å². The van der Waals surface area contributed by atoms with E-state index in [1.54, 1.807) is 11.3 Å². The van der Waals surface area contributed by atoms with Gasteiger partial charge in [0.15, 0.2) is 0 Å². The van der Waals surface area contributed by atoms with Crippen LogP contribution >= 0.6 is 11.3 Å². The van der Waals surface area contributed by atoms with Gasteiger partial charge in [-0.25, -0.2) is 0 Å². The average molecular weight is 213 g/mol. The monoisotopic (exact) mass is 213 g/mol. The molecule has 0 saturated heterocycles. The van der Waals surface area contributed by atoms with Crippen LogP contribution in [0, 0.1) is 0 Å². The van der Waals surface area contributed by atoms with E-state index in [0.29, 0.717) is 6.54 Å². The van der Waals surface area contributed by atoms with Gasteiger partial charge in [0.05, 0.1) is 6.10 Å². The first-order valence-electron chi connectivity index (χ1n) is 5.21. The Kier molecular flexibility index (Phi) is 5.15. The minimum absolute atomic E-state index is 0.208. The van der Waals surface area contributed by atoms with E-state index in [4.69, 9.17) is 0 Å². The molecule has 1 atom stereocenters. The highest BCUT2D eigenvalue weighted by molar-refractivity contribution is 7.10. The van der Waals surface area contributed by atoms with Crippen molar-refractivity contribution in [3.05, 3.63) is 21.9 Å². The predicted molar refractivity (Wildman–Crippen MR) is 61.7 cm³/mol. The van der Waals surface area contributed by atoms with Crippen molar-refractivity contribution in [1.29, 1.82) is 0 Å². The molecule has 1 heterocycles. The molecular weight excluding hydrogens is 194 g/mol. The lowest BCUT2D eigenvalue weighted by atomic mass is 10.2. The predicted octanol–water partition coefficient (Wildman–Crippen LogP) is 2.17. The molecule has 0 aliphatic carbocycles. The van der Waals surface area contributed by atoms with Gasteiger partial charge in [-0.3, -0.25) is 0 Å². The summed E-state index contributed by atoms with van der Waals surface area (Å²) >= 11 is 1.79. The van der Waals surface area contributed by atoms with E-state index in [2.05, 4.69) is 23.7 Å². The van der Waals surface area contributed by atoms with Gasteiger partial charge in [-0.05, 0) is 29.9 Å². The number of rotatable bonds is 6. The van der Waals surface area contributed by atoms with Gasteiger partial charge >= 0.3 is 0 Å². The van der Waals surface area contributed by atoms with Crippen LogP contribution in [0.15, 0.2) is 11.4 Å². The summed E-state index contributed by atoms with van der Waals surface area (Å²) in [6, 6.07) is 2.18. The smallest absolute Gasteiger partial charge is 0.0662 e. The Labute approximate surface area is 90.0 Å². The summed E-state index contributed by atoms with van der Waals surface area (Å²) in [5, 5.41) is 14.8. The number of aryl methyl sites for hydroxylation is 1. The third kappa shape index (κ3) is 3.40. The van der Waals surface area contributed by atoms with Gasteiger partial charge in [0.2, 0.25) is 0 Å². The first-order valence-corrected chi connectivity index (χ1v) is 6.09. The fourth-order valence-corrected chi connectivity index (χ4v) is 2.28. The molecule has 0 aliphatic rings. The molecule has 0 aliphatic heterocycles. The zero-order chi connectivity index (χ0) is 10.4. The summed E-state index contributed by atoms with van der Waals surface area (Å²) < 4.78 is 0. The van der Waals surface area contributed by atoms with Gasteiger partial charge in [-0.1, -0.05) is 13.8 Å². The molecule has 1 aromatic rings. The molecule has 0 saturated carbocycles. The average Bonchev–Trinajstić information content (AvgIpc) is 2.65. The summed E-state index contributed by atoms with van der Waals surface area (Å²) in [4.78, 5) is 1.40. The standard InChI is InChI=1S/C11H19NOS/c1-3-9-5-6-14-11(9)8-12-7-10(13)4-2/h5-6,10,12-13H,3-4,7-8H2,1-2H3. The Morgan fingerprint density at radius 2 is 2.29 bits per heavy atom. The van der Waals surface area contributed by atoms with Crippen LogP contribution in [0.4, 0.5) is 0 Å². The SMILES string of the molecule is CCc1ccsc1CNCC(O)CC. The van der Waals surface area contributed by atoms with Gasteiger partial charge < -0.3 is 10.4 Å². The second-order valence-corrected chi connectivity index (χ2v) is 4.42. The molecule has 14 heavy (non-hydrogen) atoms. The molecule has 0 fully saturated rings. The van der Waals surface area contributed by atoms with Crippen LogP contribution in [-0.4, -0.2) is 17.8 Å². The van der Waals surface area contributed by atoms with Crippen molar-refractivity contribution in [1.82, 2.24) is 5.32 Å². The minimum Gasteiger partial charge on any atom is -0.392 e. The molecule has 0 bridgehead atoms. The first-order chi connectivity index (χ1) is 6.77. The molecule has 3 heteroatoms. The van der Waals surface area contributed by atoms with Gasteiger partial charge in [-0.15, -0.1) is 11.3 Å². The normalized spacial score (nSPS) is 13.1. The van der Waals surface area contributed by atoms with Gasteiger partial charge in [0.1, 0.15) is 0 Å². The molecule has 0 amide bonds. The van der Waals surface area contributed by atoms with Crippen molar-refractivity contribution in [3.63, 3.8) is 0 Å². The maximum atomic E-state index is 9.35. The van der Waals surface area contributed by atoms with E-state index in [1.165, 1.54) is 10.4 Å². The maximum Gasteiger partial charge on any atom is 0.0662 e. The molecule has 2 nitrogen and oxygen atoms in total. The van der Waals surface area contributed by atoms with Crippen molar-refractivity contribution in [3.8, 4) is 0 Å². The number of thiophene rings is 1. The molecule has 1 rings (SSSR count). The fraction of sp³-hybridized carbons (Fsp3) is 0.636. The van der Waals surface area contributed by atoms with Crippen molar-refractivity contribution >= 4 is 11.3 Å². The summed E-state index contributed by atoms with van der Waals surface area (Å²) in [5.41, 5.74) is 1.42. The lowest BCUT2D eigenvalue weighted by Gasteiger charge is -2.09. The number of nitrogens with one attached hydrogen (secondary N) is 1. The molecule has 0 spiro atoms. The van der Waals surface area contributed by atoms with Crippen LogP contribution < -0.4 is 5.32 Å². The molecule has 1 aromatic heterocycles. The van der Waals surface area contributed by atoms with Crippen molar-refractivity contribution in [2.45, 2.75) is 39.3 Å². The van der Waals surface area contributed by atoms with Crippen molar-refractivity contribution in [2.75, 3.05) is 6.54 Å². The van der Waals surface area contributed by atoms with Crippen molar-refractivity contribution < 1.29 is 5.11 Å². The Bertz CT molecular complexity index is 260. The fourth-order valence-electron chi connectivity index (χ4n) is 1.33. The van der Waals surface area contributed by atoms with E-state index in [1.807, 2.05) is 6.92 Å². The van der Waals surface area contributed by atoms with Crippen LogP contribution in [0.25, 0.3) is 0 Å². The van der Waals surface area contributed by atoms with Gasteiger partial charge in [-0.2, -0.15) is 0 Å². The van der Waals surface area contributed by atoms with E-state index < -0.39 is 0 Å². The summed E-state index contributed by atoms with van der Waals surface area (Å²) in [5.74, 6) is 0. The molecule has 2 N–H and O–H groups in total. The van der Waals surface area contributed by atoms with Gasteiger partial charge in [0, 0.05) is 18.0 Å². The summed E-state index contributed by atoms with van der Waals surface area (Å²) in [6.45, 7) is 5.75. The van der Waals surface area contributed by atoms with Gasteiger partial charge in [0.25, 0.3) is 0 Å². The van der Waals surface area contributed by atoms with Crippen LogP contribution in [-0.2, 0) is 13.0 Å². The zero-order valence-electron chi connectivity index (χ0n) is 8.92. The van der Waals surface area contributed by atoms with Crippen LogP contribution in [0.3, 0.4) is 0 Å². The highest BCUT2D eigenvalue weighted by Gasteiger charge is 2.03. The molecule has 1 unspecified atom stereocenters. The Morgan fingerprint density at radius 3 is 2.93 bits per heavy atom. The number of hydrogen-bond acceptors (Lipinski definition) is 3. The lowest BCUT2D eigenvalue weighted by Crippen LogP contribution is -2.25. The Morgan fingerprint density at radius 1 is 1.50 bits per heavy atom. The topological polar surface area (TPSA) is 32.3 Å². The molecular formula is C11H19NOS. The molecule has 0 aromatic carbocycles. The third-order valence-corrected chi connectivity index (χ3v) is 3.32. The Hall–Kier alpha value is -0.380.